The quantitative estimate of drug-likeness (QED) is 0.831. The number of halogens is 1. The van der Waals surface area contributed by atoms with Crippen molar-refractivity contribution in [2.24, 2.45) is 0 Å². The second-order valence-corrected chi connectivity index (χ2v) is 5.58. The Morgan fingerprint density at radius 3 is 2.80 bits per heavy atom. The van der Waals surface area contributed by atoms with Gasteiger partial charge in [-0.2, -0.15) is 0 Å². The topological polar surface area (TPSA) is 54.0 Å². The van der Waals surface area contributed by atoms with E-state index >= 15 is 0 Å². The summed E-state index contributed by atoms with van der Waals surface area (Å²) in [6, 6.07) is 11.6. The van der Waals surface area contributed by atoms with E-state index in [0.717, 1.165) is 11.1 Å². The Morgan fingerprint density at radius 2 is 2.05 bits per heavy atom. The molecule has 0 fully saturated rings. The largest absolute Gasteiger partial charge is 0.323 e. The lowest BCUT2D eigenvalue weighted by Crippen LogP contribution is -2.44. The molecule has 0 aliphatic carbocycles. The zero-order valence-electron chi connectivity index (χ0n) is 10.8. The van der Waals surface area contributed by atoms with Crippen LogP contribution in [0.3, 0.4) is 0 Å². The van der Waals surface area contributed by atoms with Crippen LogP contribution < -0.4 is 10.6 Å². The molecule has 1 aliphatic rings. The first kappa shape index (κ1) is 13.3. The van der Waals surface area contributed by atoms with E-state index in [2.05, 4.69) is 43.7 Å². The van der Waals surface area contributed by atoms with E-state index in [9.17, 15) is 4.79 Å². The Labute approximate surface area is 125 Å². The summed E-state index contributed by atoms with van der Waals surface area (Å²) in [4.78, 5) is 16.3. The molecule has 2 N–H and O–H groups in total. The van der Waals surface area contributed by atoms with Gasteiger partial charge in [-0.25, -0.2) is 4.98 Å². The van der Waals surface area contributed by atoms with Gasteiger partial charge >= 0.3 is 0 Å². The van der Waals surface area contributed by atoms with Gasteiger partial charge in [-0.3, -0.25) is 4.79 Å². The Balaban J connectivity index is 1.68. The van der Waals surface area contributed by atoms with Crippen molar-refractivity contribution in [3.05, 3.63) is 58.3 Å². The SMILES string of the molecule is O=C(Nc1ccc(Br)nc1)[C@@H]1Cc2ccccc2CN1. The first-order valence-corrected chi connectivity index (χ1v) is 7.24. The molecule has 1 amide bonds. The fraction of sp³-hybridized carbons (Fsp3) is 0.200. The number of hydrogen-bond donors (Lipinski definition) is 2. The number of amides is 1. The van der Waals surface area contributed by atoms with Crippen molar-refractivity contribution in [2.45, 2.75) is 19.0 Å². The Bertz CT molecular complexity index is 627. The van der Waals surface area contributed by atoms with Crippen LogP contribution in [0, 0.1) is 0 Å². The average molecular weight is 332 g/mol. The third-order valence-corrected chi connectivity index (χ3v) is 3.86. The van der Waals surface area contributed by atoms with Gasteiger partial charge < -0.3 is 10.6 Å². The highest BCUT2D eigenvalue weighted by molar-refractivity contribution is 9.10. The monoisotopic (exact) mass is 331 g/mol. The molecule has 1 aromatic carbocycles. The normalized spacial score (nSPS) is 17.4. The molecule has 1 atom stereocenters. The highest BCUT2D eigenvalue weighted by Crippen LogP contribution is 2.17. The average Bonchev–Trinajstić information content (AvgIpc) is 2.49. The summed E-state index contributed by atoms with van der Waals surface area (Å²) in [6.07, 6.45) is 2.35. The second-order valence-electron chi connectivity index (χ2n) is 4.77. The summed E-state index contributed by atoms with van der Waals surface area (Å²) in [5.41, 5.74) is 3.21. The van der Waals surface area contributed by atoms with Gasteiger partial charge in [0.2, 0.25) is 5.91 Å². The Hall–Kier alpha value is -1.72. The third kappa shape index (κ3) is 2.89. The highest BCUT2D eigenvalue weighted by Gasteiger charge is 2.23. The van der Waals surface area contributed by atoms with Crippen LogP contribution in [0.15, 0.2) is 47.2 Å². The lowest BCUT2D eigenvalue weighted by Gasteiger charge is -2.25. The number of pyridine rings is 1. The van der Waals surface area contributed by atoms with Gasteiger partial charge in [0.25, 0.3) is 0 Å². The number of fused-ring (bicyclic) bond motifs is 1. The smallest absolute Gasteiger partial charge is 0.241 e. The molecule has 102 valence electrons. The van der Waals surface area contributed by atoms with Gasteiger partial charge in [0, 0.05) is 6.54 Å². The van der Waals surface area contributed by atoms with E-state index in [1.54, 1.807) is 12.3 Å². The van der Waals surface area contributed by atoms with Crippen LogP contribution in [-0.4, -0.2) is 16.9 Å². The standard InChI is InChI=1S/C15H14BrN3O/c16-14-6-5-12(9-18-14)19-15(20)13-7-10-3-1-2-4-11(10)8-17-13/h1-6,9,13,17H,7-8H2,(H,19,20)/t13-/m0/s1. The van der Waals surface area contributed by atoms with Crippen LogP contribution in [0.5, 0.6) is 0 Å². The molecule has 0 radical (unpaired) electrons. The number of carbonyl (C=O) groups excluding carboxylic acids is 1. The number of nitrogens with one attached hydrogen (secondary N) is 2. The molecule has 3 rings (SSSR count). The summed E-state index contributed by atoms with van der Waals surface area (Å²) >= 11 is 3.27. The van der Waals surface area contributed by atoms with Crippen molar-refractivity contribution in [1.29, 1.82) is 0 Å². The zero-order chi connectivity index (χ0) is 13.9. The van der Waals surface area contributed by atoms with Crippen molar-refractivity contribution in [1.82, 2.24) is 10.3 Å². The van der Waals surface area contributed by atoms with E-state index in [-0.39, 0.29) is 11.9 Å². The molecule has 1 aliphatic heterocycles. The molecule has 0 saturated carbocycles. The summed E-state index contributed by atoms with van der Waals surface area (Å²) in [6.45, 7) is 0.729. The lowest BCUT2D eigenvalue weighted by atomic mass is 9.95. The number of hydrogen-bond acceptors (Lipinski definition) is 3. The van der Waals surface area contributed by atoms with Gasteiger partial charge in [0.1, 0.15) is 4.60 Å². The number of carbonyl (C=O) groups is 1. The van der Waals surface area contributed by atoms with Gasteiger partial charge in [-0.1, -0.05) is 24.3 Å². The summed E-state index contributed by atoms with van der Waals surface area (Å²) in [5, 5.41) is 6.15. The molecule has 0 saturated heterocycles. The van der Waals surface area contributed by atoms with E-state index in [1.165, 1.54) is 11.1 Å². The fourth-order valence-corrected chi connectivity index (χ4v) is 2.55. The summed E-state index contributed by atoms with van der Waals surface area (Å²) in [7, 11) is 0. The minimum Gasteiger partial charge on any atom is -0.323 e. The number of aromatic nitrogens is 1. The van der Waals surface area contributed by atoms with Crippen LogP contribution in [0.4, 0.5) is 5.69 Å². The number of nitrogens with zero attached hydrogens (tertiary/aromatic N) is 1. The van der Waals surface area contributed by atoms with E-state index < -0.39 is 0 Å². The number of benzene rings is 1. The number of anilines is 1. The highest BCUT2D eigenvalue weighted by atomic mass is 79.9. The first-order chi connectivity index (χ1) is 9.72. The van der Waals surface area contributed by atoms with Crippen molar-refractivity contribution < 1.29 is 4.79 Å². The van der Waals surface area contributed by atoms with Crippen LogP contribution in [0.25, 0.3) is 0 Å². The predicted octanol–water partition coefficient (Wildman–Crippen LogP) is 2.50. The number of rotatable bonds is 2. The fourth-order valence-electron chi connectivity index (χ4n) is 2.32. The maximum absolute atomic E-state index is 12.2. The predicted molar refractivity (Wildman–Crippen MR) is 81.3 cm³/mol. The van der Waals surface area contributed by atoms with Crippen molar-refractivity contribution in [2.75, 3.05) is 5.32 Å². The molecular formula is C15H14BrN3O. The summed E-state index contributed by atoms with van der Waals surface area (Å²) in [5.74, 6) is -0.0244. The van der Waals surface area contributed by atoms with Gasteiger partial charge in [0.15, 0.2) is 0 Å². The van der Waals surface area contributed by atoms with Crippen molar-refractivity contribution >= 4 is 27.5 Å². The molecule has 20 heavy (non-hydrogen) atoms. The van der Waals surface area contributed by atoms with Crippen LogP contribution in [0.1, 0.15) is 11.1 Å². The maximum atomic E-state index is 12.2. The molecule has 2 heterocycles. The molecule has 4 nitrogen and oxygen atoms in total. The van der Waals surface area contributed by atoms with E-state index in [1.807, 2.05) is 18.2 Å². The first-order valence-electron chi connectivity index (χ1n) is 6.45. The van der Waals surface area contributed by atoms with Gasteiger partial charge in [0.05, 0.1) is 17.9 Å². The van der Waals surface area contributed by atoms with Gasteiger partial charge in [-0.05, 0) is 45.6 Å². The van der Waals surface area contributed by atoms with E-state index in [4.69, 9.17) is 0 Å². The third-order valence-electron chi connectivity index (χ3n) is 3.39. The minimum absolute atomic E-state index is 0.0244. The second kappa shape index (κ2) is 5.73. The van der Waals surface area contributed by atoms with Crippen molar-refractivity contribution in [3.63, 3.8) is 0 Å². The lowest BCUT2D eigenvalue weighted by molar-refractivity contribution is -0.118. The Kier molecular flexibility index (Phi) is 3.80. The Morgan fingerprint density at radius 1 is 1.25 bits per heavy atom. The van der Waals surface area contributed by atoms with Gasteiger partial charge in [-0.15, -0.1) is 0 Å². The van der Waals surface area contributed by atoms with Crippen molar-refractivity contribution in [3.8, 4) is 0 Å². The van der Waals surface area contributed by atoms with Crippen LogP contribution in [-0.2, 0) is 17.8 Å². The molecule has 0 unspecified atom stereocenters. The van der Waals surface area contributed by atoms with E-state index in [0.29, 0.717) is 12.1 Å². The summed E-state index contributed by atoms with van der Waals surface area (Å²) < 4.78 is 0.750. The zero-order valence-corrected chi connectivity index (χ0v) is 12.4. The molecule has 0 spiro atoms. The molecule has 1 aromatic heterocycles. The molecule has 2 aromatic rings. The maximum Gasteiger partial charge on any atom is 0.241 e. The minimum atomic E-state index is -0.200. The molecule has 5 heteroatoms. The van der Waals surface area contributed by atoms with Crippen LogP contribution in [0.2, 0.25) is 0 Å². The molecule has 0 bridgehead atoms. The van der Waals surface area contributed by atoms with Crippen LogP contribution >= 0.6 is 15.9 Å². The molecular weight excluding hydrogens is 318 g/mol.